The number of hydrogen-bond donors (Lipinski definition) is 2. The number of H-pyrrole nitrogens is 1. The number of aromatic nitrogens is 2. The molecule has 0 fully saturated rings. The highest BCUT2D eigenvalue weighted by atomic mass is 79.9. The van der Waals surface area contributed by atoms with Crippen molar-refractivity contribution in [2.24, 2.45) is 0 Å². The van der Waals surface area contributed by atoms with Crippen molar-refractivity contribution in [1.29, 1.82) is 0 Å². The number of aromatic amines is 1. The number of nitrogens with zero attached hydrogens (tertiary/aromatic N) is 1. The number of aryl methyl sites for hydroxylation is 1. The highest BCUT2D eigenvalue weighted by Gasteiger charge is 2.12. The average Bonchev–Trinajstić information content (AvgIpc) is 3.02. The normalized spacial score (nSPS) is 10.6. The molecule has 23 heavy (non-hydrogen) atoms. The van der Waals surface area contributed by atoms with Crippen molar-refractivity contribution in [2.45, 2.75) is 6.92 Å². The van der Waals surface area contributed by atoms with Crippen LogP contribution in [0.2, 0.25) is 5.02 Å². The molecule has 1 amide bonds. The van der Waals surface area contributed by atoms with E-state index in [1.54, 1.807) is 18.2 Å². The van der Waals surface area contributed by atoms with E-state index in [1.807, 2.05) is 37.3 Å². The lowest BCUT2D eigenvalue weighted by Crippen LogP contribution is -2.13. The van der Waals surface area contributed by atoms with Crippen LogP contribution in [0.3, 0.4) is 0 Å². The molecule has 0 aliphatic rings. The van der Waals surface area contributed by atoms with Gasteiger partial charge in [0.2, 0.25) is 0 Å². The summed E-state index contributed by atoms with van der Waals surface area (Å²) in [6, 6.07) is 14.8. The van der Waals surface area contributed by atoms with Crippen LogP contribution >= 0.6 is 27.5 Å². The lowest BCUT2D eigenvalue weighted by Gasteiger charge is -2.07. The number of anilines is 1. The number of amides is 1. The number of benzene rings is 2. The van der Waals surface area contributed by atoms with Crippen LogP contribution in [0.1, 0.15) is 16.1 Å². The third kappa shape index (κ3) is 3.63. The fourth-order valence-electron chi connectivity index (χ4n) is 2.13. The first-order chi connectivity index (χ1) is 11.0. The van der Waals surface area contributed by atoms with Crippen LogP contribution in [-0.4, -0.2) is 16.1 Å². The molecule has 2 N–H and O–H groups in total. The zero-order chi connectivity index (χ0) is 16.4. The van der Waals surface area contributed by atoms with Gasteiger partial charge < -0.3 is 5.32 Å². The smallest absolute Gasteiger partial charge is 0.273 e. The number of hydrogen-bond acceptors (Lipinski definition) is 2. The second-order valence-electron chi connectivity index (χ2n) is 5.09. The summed E-state index contributed by atoms with van der Waals surface area (Å²) >= 11 is 9.36. The van der Waals surface area contributed by atoms with Crippen molar-refractivity contribution < 1.29 is 4.79 Å². The number of nitrogens with one attached hydrogen (secondary N) is 2. The molecule has 116 valence electrons. The van der Waals surface area contributed by atoms with Gasteiger partial charge in [0.15, 0.2) is 0 Å². The molecule has 4 nitrogen and oxygen atoms in total. The van der Waals surface area contributed by atoms with Crippen LogP contribution in [0.4, 0.5) is 5.69 Å². The van der Waals surface area contributed by atoms with Crippen LogP contribution < -0.4 is 5.32 Å². The Morgan fingerprint density at radius 2 is 1.91 bits per heavy atom. The summed E-state index contributed by atoms with van der Waals surface area (Å²) in [5.41, 5.74) is 3.66. The van der Waals surface area contributed by atoms with Crippen molar-refractivity contribution in [3.8, 4) is 11.3 Å². The SMILES string of the molecule is Cc1ccc(Cl)cc1NC(=O)c1cc(-c2ccc(Br)cc2)n[nH]1. The summed E-state index contributed by atoms with van der Waals surface area (Å²) in [7, 11) is 0. The largest absolute Gasteiger partial charge is 0.320 e. The molecular weight excluding hydrogens is 378 g/mol. The number of carbonyl (C=O) groups is 1. The Labute approximate surface area is 147 Å². The lowest BCUT2D eigenvalue weighted by atomic mass is 10.1. The molecule has 1 heterocycles. The summed E-state index contributed by atoms with van der Waals surface area (Å²) in [6.07, 6.45) is 0. The molecule has 0 radical (unpaired) electrons. The van der Waals surface area contributed by atoms with Gasteiger partial charge in [0.1, 0.15) is 5.69 Å². The van der Waals surface area contributed by atoms with Gasteiger partial charge in [-0.15, -0.1) is 0 Å². The van der Waals surface area contributed by atoms with E-state index in [4.69, 9.17) is 11.6 Å². The van der Waals surface area contributed by atoms with E-state index in [1.165, 1.54) is 0 Å². The molecule has 0 atom stereocenters. The zero-order valence-electron chi connectivity index (χ0n) is 12.2. The van der Waals surface area contributed by atoms with Crippen molar-refractivity contribution in [2.75, 3.05) is 5.32 Å². The standard InChI is InChI=1S/C17H13BrClN3O/c1-10-2-7-13(19)8-14(10)20-17(23)16-9-15(21-22-16)11-3-5-12(18)6-4-11/h2-9H,1H3,(H,20,23)(H,21,22). The molecule has 1 aromatic heterocycles. The number of rotatable bonds is 3. The fraction of sp³-hybridized carbons (Fsp3) is 0.0588. The van der Waals surface area contributed by atoms with E-state index in [0.717, 1.165) is 15.6 Å². The van der Waals surface area contributed by atoms with Crippen LogP contribution in [0.25, 0.3) is 11.3 Å². The predicted octanol–water partition coefficient (Wildman–Crippen LogP) is 5.05. The minimum absolute atomic E-state index is 0.258. The quantitative estimate of drug-likeness (QED) is 0.657. The van der Waals surface area contributed by atoms with Gasteiger partial charge in [-0.2, -0.15) is 5.10 Å². The molecule has 0 saturated carbocycles. The average molecular weight is 391 g/mol. The molecule has 0 saturated heterocycles. The maximum atomic E-state index is 12.3. The number of halogens is 2. The predicted molar refractivity (Wildman–Crippen MR) is 95.9 cm³/mol. The number of carbonyl (C=O) groups excluding carboxylic acids is 1. The Morgan fingerprint density at radius 3 is 2.65 bits per heavy atom. The second kappa shape index (κ2) is 6.56. The maximum Gasteiger partial charge on any atom is 0.273 e. The Bertz CT molecular complexity index is 859. The topological polar surface area (TPSA) is 57.8 Å². The molecular formula is C17H13BrClN3O. The molecule has 0 aliphatic carbocycles. The molecule has 0 aliphatic heterocycles. The van der Waals surface area contributed by atoms with Gasteiger partial charge in [-0.1, -0.05) is 45.7 Å². The monoisotopic (exact) mass is 389 g/mol. The fourth-order valence-corrected chi connectivity index (χ4v) is 2.56. The summed E-state index contributed by atoms with van der Waals surface area (Å²) < 4.78 is 0.992. The first-order valence-electron chi connectivity index (χ1n) is 6.92. The first kappa shape index (κ1) is 15.8. The Kier molecular flexibility index (Phi) is 4.50. The van der Waals surface area contributed by atoms with Crippen molar-refractivity contribution in [1.82, 2.24) is 10.2 Å². The van der Waals surface area contributed by atoms with Crippen LogP contribution in [0.15, 0.2) is 53.0 Å². The minimum Gasteiger partial charge on any atom is -0.320 e. The highest BCUT2D eigenvalue weighted by molar-refractivity contribution is 9.10. The van der Waals surface area contributed by atoms with E-state index in [2.05, 4.69) is 31.4 Å². The van der Waals surface area contributed by atoms with Crippen LogP contribution in [-0.2, 0) is 0 Å². The molecule has 0 bridgehead atoms. The van der Waals surface area contributed by atoms with Gasteiger partial charge in [-0.25, -0.2) is 0 Å². The summed E-state index contributed by atoms with van der Waals surface area (Å²) in [5, 5.41) is 10.4. The molecule has 3 aromatic rings. The van der Waals surface area contributed by atoms with Gasteiger partial charge >= 0.3 is 0 Å². The molecule has 2 aromatic carbocycles. The third-order valence-electron chi connectivity index (χ3n) is 3.41. The third-order valence-corrected chi connectivity index (χ3v) is 4.17. The first-order valence-corrected chi connectivity index (χ1v) is 8.09. The van der Waals surface area contributed by atoms with E-state index in [9.17, 15) is 4.79 Å². The molecule has 0 unspecified atom stereocenters. The zero-order valence-corrected chi connectivity index (χ0v) is 14.6. The Hall–Kier alpha value is -2.11. The van der Waals surface area contributed by atoms with E-state index in [-0.39, 0.29) is 5.91 Å². The maximum absolute atomic E-state index is 12.3. The Morgan fingerprint density at radius 1 is 1.17 bits per heavy atom. The molecule has 6 heteroatoms. The van der Waals surface area contributed by atoms with Crippen molar-refractivity contribution in [3.63, 3.8) is 0 Å². The summed E-state index contributed by atoms with van der Waals surface area (Å²) in [6.45, 7) is 1.91. The molecule has 3 rings (SSSR count). The summed E-state index contributed by atoms with van der Waals surface area (Å²) in [5.74, 6) is -0.258. The van der Waals surface area contributed by atoms with Gasteiger partial charge in [0, 0.05) is 20.7 Å². The Balaban J connectivity index is 1.81. The second-order valence-corrected chi connectivity index (χ2v) is 6.44. The van der Waals surface area contributed by atoms with Crippen LogP contribution in [0.5, 0.6) is 0 Å². The van der Waals surface area contributed by atoms with Crippen molar-refractivity contribution in [3.05, 3.63) is 69.3 Å². The van der Waals surface area contributed by atoms with Gasteiger partial charge in [-0.3, -0.25) is 9.89 Å². The van der Waals surface area contributed by atoms with Crippen LogP contribution in [0, 0.1) is 6.92 Å². The highest BCUT2D eigenvalue weighted by Crippen LogP contribution is 2.23. The van der Waals surface area contributed by atoms with E-state index in [0.29, 0.717) is 22.1 Å². The minimum atomic E-state index is -0.258. The van der Waals surface area contributed by atoms with Gasteiger partial charge in [-0.05, 0) is 42.8 Å². The van der Waals surface area contributed by atoms with Gasteiger partial charge in [0.25, 0.3) is 5.91 Å². The van der Waals surface area contributed by atoms with E-state index < -0.39 is 0 Å². The lowest BCUT2D eigenvalue weighted by molar-refractivity contribution is 0.102. The van der Waals surface area contributed by atoms with E-state index >= 15 is 0 Å². The van der Waals surface area contributed by atoms with Crippen molar-refractivity contribution >= 4 is 39.1 Å². The van der Waals surface area contributed by atoms with Gasteiger partial charge in [0.05, 0.1) is 5.69 Å². The molecule has 0 spiro atoms. The summed E-state index contributed by atoms with van der Waals surface area (Å²) in [4.78, 5) is 12.3.